The van der Waals surface area contributed by atoms with Crippen molar-refractivity contribution >= 4 is 53.3 Å². The van der Waals surface area contributed by atoms with Crippen LogP contribution >= 0.6 is 0 Å². The fourth-order valence-corrected chi connectivity index (χ4v) is 4.61. The number of aliphatic carboxylic acids is 1. The molecule has 1 aromatic heterocycles. The fourth-order valence-electron chi connectivity index (χ4n) is 4.61. The zero-order valence-corrected chi connectivity index (χ0v) is 30.5. The number of aliphatic hydroxyl groups is 4. The van der Waals surface area contributed by atoms with Gasteiger partial charge in [0.15, 0.2) is 5.96 Å². The standard InChI is InChI=1S/C30H51N13O13/c1-12(46)21(32)27(53)42-19(10-45)26(52)41-18(9-44)25(51)39-16(6-14-8-35-11-37-14)24(50)38-15(4-3-5-36-30(33)34)23(49)43-22(13(2)47)28(54)40-17(29(55)56)7-20(31)48/h8,11-13,15-19,21-22,44-47H,3-7,9-10,32H2,1-2H3,(H2,31,48)(H,35,37)(H,38,50)(H,39,51)(H,40,54)(H,41,52)(H,42,53)(H,43,49)(H,55,56)(H4,33,34,36)/t12-,13-,15+,16+,17+,18+,19+,21+,22+/m1/s1. The van der Waals surface area contributed by atoms with Crippen LogP contribution in [0.1, 0.15) is 38.8 Å². The lowest BCUT2D eigenvalue weighted by Crippen LogP contribution is -2.62. The predicted molar refractivity (Wildman–Crippen MR) is 191 cm³/mol. The molecule has 26 heteroatoms. The summed E-state index contributed by atoms with van der Waals surface area (Å²) in [5.74, 6) is -9.63. The molecule has 0 saturated carbocycles. The SMILES string of the molecule is C[C@@H](O)[C@H](N)C(=O)N[C@@H](CO)C(=O)N[C@@H](CO)C(=O)N[C@@H](Cc1cnc[nH]1)C(=O)N[C@@H](CCCN=C(N)N)C(=O)N[C@H](C(=O)N[C@@H](CC(N)=O)C(=O)O)[C@@H](C)O. The van der Waals surface area contributed by atoms with Crippen molar-refractivity contribution in [2.45, 2.75) is 94.0 Å². The number of primary amides is 1. The lowest BCUT2D eigenvalue weighted by molar-refractivity contribution is -0.144. The van der Waals surface area contributed by atoms with Gasteiger partial charge in [-0.15, -0.1) is 0 Å². The molecule has 314 valence electrons. The number of aliphatic hydroxyl groups excluding tert-OH is 4. The Morgan fingerprint density at radius 2 is 1.23 bits per heavy atom. The number of aromatic nitrogens is 2. The Bertz CT molecular complexity index is 1540. The highest BCUT2D eigenvalue weighted by Crippen LogP contribution is 2.06. The Balaban J connectivity index is 3.34. The van der Waals surface area contributed by atoms with E-state index in [1.165, 1.54) is 19.4 Å². The van der Waals surface area contributed by atoms with Gasteiger partial charge in [-0.1, -0.05) is 0 Å². The van der Waals surface area contributed by atoms with E-state index >= 15 is 0 Å². The van der Waals surface area contributed by atoms with Gasteiger partial charge < -0.3 is 85.4 Å². The highest BCUT2D eigenvalue weighted by molar-refractivity contribution is 5.97. The van der Waals surface area contributed by atoms with Gasteiger partial charge in [-0.2, -0.15) is 0 Å². The number of carboxylic acids is 1. The van der Waals surface area contributed by atoms with E-state index in [-0.39, 0.29) is 37.5 Å². The molecule has 0 aromatic carbocycles. The average molecular weight is 802 g/mol. The van der Waals surface area contributed by atoms with E-state index in [1.807, 2.05) is 5.32 Å². The molecule has 7 amide bonds. The Morgan fingerprint density at radius 1 is 0.732 bits per heavy atom. The third-order valence-corrected chi connectivity index (χ3v) is 7.73. The number of aliphatic imine (C=N–C) groups is 1. The van der Waals surface area contributed by atoms with Crippen molar-refractivity contribution in [2.24, 2.45) is 27.9 Å². The zero-order valence-electron chi connectivity index (χ0n) is 30.5. The molecule has 0 bridgehead atoms. The summed E-state index contributed by atoms with van der Waals surface area (Å²) in [7, 11) is 0. The number of nitrogens with two attached hydrogens (primary N) is 4. The molecule has 0 aliphatic carbocycles. The molecule has 1 heterocycles. The Morgan fingerprint density at radius 3 is 1.70 bits per heavy atom. The van der Waals surface area contributed by atoms with Crippen LogP contribution in [0.2, 0.25) is 0 Å². The Hall–Kier alpha value is -5.96. The van der Waals surface area contributed by atoms with E-state index in [0.717, 1.165) is 6.92 Å². The molecule has 0 aliphatic heterocycles. The zero-order chi connectivity index (χ0) is 42.7. The normalized spacial score (nSPS) is 15.8. The van der Waals surface area contributed by atoms with Crippen LogP contribution in [0.3, 0.4) is 0 Å². The van der Waals surface area contributed by atoms with Gasteiger partial charge >= 0.3 is 5.97 Å². The Labute approximate surface area is 319 Å². The minimum atomic E-state index is -1.82. The number of guanidine groups is 1. The number of amides is 7. The number of H-pyrrole nitrogens is 1. The minimum Gasteiger partial charge on any atom is -0.480 e. The number of nitrogens with one attached hydrogen (secondary N) is 7. The van der Waals surface area contributed by atoms with E-state index in [2.05, 4.69) is 41.5 Å². The number of aromatic amines is 1. The van der Waals surface area contributed by atoms with Gasteiger partial charge in [0, 0.05) is 24.9 Å². The van der Waals surface area contributed by atoms with Crippen LogP contribution in [0.5, 0.6) is 0 Å². The van der Waals surface area contributed by atoms with Crippen LogP contribution in [-0.4, -0.2) is 163 Å². The van der Waals surface area contributed by atoms with Gasteiger partial charge in [0.2, 0.25) is 41.4 Å². The number of imidazole rings is 1. The van der Waals surface area contributed by atoms with E-state index < -0.39 is 121 Å². The summed E-state index contributed by atoms with van der Waals surface area (Å²) < 4.78 is 0. The largest absolute Gasteiger partial charge is 0.480 e. The number of carboxylic acid groups (broad SMARTS) is 1. The first kappa shape index (κ1) is 48.1. The third kappa shape index (κ3) is 16.6. The lowest BCUT2D eigenvalue weighted by Gasteiger charge is -2.27. The lowest BCUT2D eigenvalue weighted by atomic mass is 10.1. The summed E-state index contributed by atoms with van der Waals surface area (Å²) in [5, 5.41) is 62.0. The van der Waals surface area contributed by atoms with E-state index in [4.69, 9.17) is 22.9 Å². The van der Waals surface area contributed by atoms with Crippen molar-refractivity contribution in [3.63, 3.8) is 0 Å². The van der Waals surface area contributed by atoms with E-state index in [9.17, 15) is 63.9 Å². The van der Waals surface area contributed by atoms with Crippen molar-refractivity contribution in [3.05, 3.63) is 18.2 Å². The second-order valence-electron chi connectivity index (χ2n) is 12.4. The summed E-state index contributed by atoms with van der Waals surface area (Å²) in [6.45, 7) is 0.236. The van der Waals surface area contributed by atoms with Gasteiger partial charge in [0.1, 0.15) is 42.3 Å². The van der Waals surface area contributed by atoms with Gasteiger partial charge in [-0.05, 0) is 26.7 Å². The summed E-state index contributed by atoms with van der Waals surface area (Å²) in [5.41, 5.74) is 21.6. The van der Waals surface area contributed by atoms with Crippen LogP contribution in [0.4, 0.5) is 0 Å². The van der Waals surface area contributed by atoms with Gasteiger partial charge in [-0.25, -0.2) is 9.78 Å². The summed E-state index contributed by atoms with van der Waals surface area (Å²) in [6, 6.07) is -11.7. The Kier molecular flexibility index (Phi) is 20.4. The predicted octanol–water partition coefficient (Wildman–Crippen LogP) is -9.05. The van der Waals surface area contributed by atoms with Gasteiger partial charge in [0.25, 0.3) is 0 Å². The van der Waals surface area contributed by atoms with E-state index in [0.29, 0.717) is 0 Å². The third-order valence-electron chi connectivity index (χ3n) is 7.73. The quantitative estimate of drug-likeness (QED) is 0.0248. The van der Waals surface area contributed by atoms with Gasteiger partial charge in [-0.3, -0.25) is 38.6 Å². The molecule has 0 radical (unpaired) electrons. The van der Waals surface area contributed by atoms with Crippen molar-refractivity contribution in [1.82, 2.24) is 41.9 Å². The molecule has 0 spiro atoms. The first-order chi connectivity index (χ1) is 26.2. The highest BCUT2D eigenvalue weighted by Gasteiger charge is 2.35. The second-order valence-corrected chi connectivity index (χ2v) is 12.4. The van der Waals surface area contributed by atoms with Crippen LogP contribution in [0.25, 0.3) is 0 Å². The number of hydrogen-bond acceptors (Lipinski definition) is 15. The molecule has 0 aliphatic rings. The summed E-state index contributed by atoms with van der Waals surface area (Å²) in [6.07, 6.45) is -1.70. The topological polar surface area (TPSA) is 455 Å². The van der Waals surface area contributed by atoms with Crippen LogP contribution < -0.4 is 54.8 Å². The molecule has 26 nitrogen and oxygen atoms in total. The molecule has 0 fully saturated rings. The van der Waals surface area contributed by atoms with Crippen molar-refractivity contribution in [3.8, 4) is 0 Å². The van der Waals surface area contributed by atoms with Gasteiger partial charge in [0.05, 0.1) is 38.2 Å². The van der Waals surface area contributed by atoms with Crippen molar-refractivity contribution in [1.29, 1.82) is 0 Å². The van der Waals surface area contributed by atoms with Crippen LogP contribution in [0, 0.1) is 0 Å². The molecule has 0 unspecified atom stereocenters. The fraction of sp³-hybridized carbons (Fsp3) is 0.600. The molecule has 1 aromatic rings. The number of carbonyl (C=O) groups is 8. The molecular weight excluding hydrogens is 750 g/mol. The number of carbonyl (C=O) groups excluding carboxylic acids is 7. The first-order valence-electron chi connectivity index (χ1n) is 16.9. The number of hydrogen-bond donors (Lipinski definition) is 16. The molecule has 20 N–H and O–H groups in total. The maximum absolute atomic E-state index is 13.8. The van der Waals surface area contributed by atoms with Crippen molar-refractivity contribution < 1.29 is 63.9 Å². The van der Waals surface area contributed by atoms with E-state index in [1.54, 1.807) is 0 Å². The van der Waals surface area contributed by atoms with Crippen LogP contribution in [-0.2, 0) is 44.8 Å². The van der Waals surface area contributed by atoms with Crippen molar-refractivity contribution in [2.75, 3.05) is 19.8 Å². The van der Waals surface area contributed by atoms with Crippen LogP contribution in [0.15, 0.2) is 17.5 Å². The molecule has 9 atom stereocenters. The smallest absolute Gasteiger partial charge is 0.326 e. The summed E-state index contributed by atoms with van der Waals surface area (Å²) in [4.78, 5) is 112. The maximum atomic E-state index is 13.8. The highest BCUT2D eigenvalue weighted by atomic mass is 16.4. The number of nitrogens with zero attached hydrogens (tertiary/aromatic N) is 2. The molecule has 56 heavy (non-hydrogen) atoms. The monoisotopic (exact) mass is 801 g/mol. The first-order valence-corrected chi connectivity index (χ1v) is 16.9. The summed E-state index contributed by atoms with van der Waals surface area (Å²) >= 11 is 0. The minimum absolute atomic E-state index is 0.0395. The second kappa shape index (κ2) is 23.7. The maximum Gasteiger partial charge on any atom is 0.326 e. The molecular formula is C30H51N13O13. The average Bonchev–Trinajstić information content (AvgIpc) is 3.64. The molecule has 0 saturated heterocycles. The number of rotatable bonds is 25. The molecule has 1 rings (SSSR count).